The Balaban J connectivity index is 1.53. The average molecular weight is 654 g/mol. The van der Waals surface area contributed by atoms with Gasteiger partial charge in [0.2, 0.25) is 0 Å². The number of aliphatic imine (C=N–C) groups is 1. The fourth-order valence-electron chi connectivity index (χ4n) is 8.11. The number of guanidine groups is 1. The number of nitrogens with one attached hydrogen (secondary N) is 1. The topological polar surface area (TPSA) is 192 Å². The van der Waals surface area contributed by atoms with Gasteiger partial charge in [-0.05, 0) is 108 Å². The van der Waals surface area contributed by atoms with Crippen molar-refractivity contribution in [3.05, 3.63) is 82.3 Å². The van der Waals surface area contributed by atoms with Crippen molar-refractivity contribution in [1.29, 1.82) is 0 Å². The number of fused-ring (bicyclic) bond motifs is 5. The number of rotatable bonds is 17. The molecule has 10 nitrogen and oxygen atoms in total. The second-order valence-electron chi connectivity index (χ2n) is 13.8. The van der Waals surface area contributed by atoms with E-state index in [1.807, 2.05) is 31.3 Å². The monoisotopic (exact) mass is 653 g/mol. The summed E-state index contributed by atoms with van der Waals surface area (Å²) in [5.74, 6) is 0.415. The highest BCUT2D eigenvalue weighted by atomic mass is 16.4. The van der Waals surface area contributed by atoms with Gasteiger partial charge in [0.1, 0.15) is 12.6 Å². The molecule has 5 rings (SSSR count). The van der Waals surface area contributed by atoms with Crippen molar-refractivity contribution in [2.75, 3.05) is 6.54 Å². The maximum absolute atomic E-state index is 12.1. The normalized spacial score (nSPS) is 22.2. The Labute approximate surface area is 282 Å². The molecular weight excluding hydrogens is 604 g/mol. The molecule has 256 valence electrons. The number of H-pyrrole nitrogens is 1. The Hall–Kier alpha value is -4.44. The van der Waals surface area contributed by atoms with Crippen LogP contribution in [0.15, 0.2) is 65.3 Å². The van der Waals surface area contributed by atoms with E-state index in [1.165, 1.54) is 22.6 Å². The molecule has 8 N–H and O–H groups in total. The SMILES string of the molecule is CC(C=O)CCC(N)CCCC1c2cc3cc(CC=O)ccc3cc2C2CCC(C([N-]c3ccc[nH]3)C(=CC(=O)O)CN=C(N)N)C1C2. The second kappa shape index (κ2) is 16.1. The first kappa shape index (κ1) is 34.9. The van der Waals surface area contributed by atoms with Crippen LogP contribution in [0.3, 0.4) is 0 Å². The molecule has 48 heavy (non-hydrogen) atoms. The van der Waals surface area contributed by atoms with Gasteiger partial charge in [-0.3, -0.25) is 0 Å². The van der Waals surface area contributed by atoms with Crippen molar-refractivity contribution < 1.29 is 19.5 Å². The van der Waals surface area contributed by atoms with Gasteiger partial charge in [0, 0.05) is 24.5 Å². The molecular formula is C38H49N6O4-. The molecule has 0 radical (unpaired) electrons. The van der Waals surface area contributed by atoms with E-state index in [0.717, 1.165) is 74.9 Å². The number of carbonyl (C=O) groups excluding carboxylic acids is 2. The van der Waals surface area contributed by atoms with Gasteiger partial charge in [-0.25, -0.2) is 9.79 Å². The lowest BCUT2D eigenvalue weighted by molar-refractivity contribution is -0.131. The zero-order valence-electron chi connectivity index (χ0n) is 27.8. The van der Waals surface area contributed by atoms with Gasteiger partial charge >= 0.3 is 5.97 Å². The summed E-state index contributed by atoms with van der Waals surface area (Å²) in [6.45, 7) is 1.98. The summed E-state index contributed by atoms with van der Waals surface area (Å²) in [5.41, 5.74) is 22.3. The number of nitrogens with zero attached hydrogens (tertiary/aromatic N) is 2. The molecule has 3 aromatic rings. The number of aromatic nitrogens is 1. The molecule has 1 saturated carbocycles. The lowest BCUT2D eigenvalue weighted by Gasteiger charge is -2.51. The van der Waals surface area contributed by atoms with Crippen LogP contribution in [0, 0.1) is 17.8 Å². The number of aliphatic carboxylic acids is 1. The number of aldehydes is 2. The summed E-state index contributed by atoms with van der Waals surface area (Å²) >= 11 is 0. The van der Waals surface area contributed by atoms with Crippen LogP contribution in [-0.4, -0.2) is 53.2 Å². The molecule has 2 aliphatic rings. The van der Waals surface area contributed by atoms with E-state index in [9.17, 15) is 19.5 Å². The fraction of sp³-hybridized carbons (Fsp3) is 0.474. The molecule has 1 fully saturated rings. The zero-order chi connectivity index (χ0) is 34.2. The van der Waals surface area contributed by atoms with Crippen molar-refractivity contribution in [3.8, 4) is 0 Å². The van der Waals surface area contributed by atoms with Crippen molar-refractivity contribution in [2.45, 2.75) is 88.6 Å². The maximum atomic E-state index is 12.1. The summed E-state index contributed by atoms with van der Waals surface area (Å²) in [5, 5.41) is 17.3. The zero-order valence-corrected chi connectivity index (χ0v) is 27.8. The molecule has 10 heteroatoms. The van der Waals surface area contributed by atoms with Crippen molar-refractivity contribution in [1.82, 2.24) is 4.98 Å². The van der Waals surface area contributed by atoms with Crippen molar-refractivity contribution in [2.24, 2.45) is 39.9 Å². The molecule has 0 amide bonds. The summed E-state index contributed by atoms with van der Waals surface area (Å²) in [6.07, 6.45) is 12.5. The van der Waals surface area contributed by atoms with E-state index in [-0.39, 0.29) is 42.2 Å². The third-order valence-corrected chi connectivity index (χ3v) is 10.5. The Morgan fingerprint density at radius 2 is 1.90 bits per heavy atom. The lowest BCUT2D eigenvalue weighted by atomic mass is 9.57. The minimum absolute atomic E-state index is 0.00551. The number of carboxylic acids is 1. The third kappa shape index (κ3) is 8.52. The summed E-state index contributed by atoms with van der Waals surface area (Å²) < 4.78 is 0. The Bertz CT molecular complexity index is 1630. The van der Waals surface area contributed by atoms with E-state index >= 15 is 0 Å². The first-order valence-corrected chi connectivity index (χ1v) is 17.2. The van der Waals surface area contributed by atoms with Gasteiger partial charge < -0.3 is 42.2 Å². The smallest absolute Gasteiger partial charge is 0.328 e. The standard InChI is InChI=1S/C38H49N6O4/c1-23(22-46)7-11-29(39)4-2-5-30-33-18-26(32-17-25-9-8-24(13-15-45)16-27(25)19-34(30)32)10-12-31(33)37(44-35-6-3-14-42-35)28(20-36(47)48)21-43-38(40)41/h3,6,8-9,14-17,19-20,22-23,26,29-31,33,37,42H,2,4-5,7,10-13,18,21,39H2,1H3,(H,47,48)(H4,40,41,43)/q-1. The van der Waals surface area contributed by atoms with E-state index in [1.54, 1.807) is 0 Å². The van der Waals surface area contributed by atoms with Crippen LogP contribution in [0.4, 0.5) is 5.82 Å². The first-order chi connectivity index (χ1) is 23.2. The van der Waals surface area contributed by atoms with Gasteiger partial charge in [0.15, 0.2) is 5.96 Å². The molecule has 7 atom stereocenters. The van der Waals surface area contributed by atoms with Crippen LogP contribution in [-0.2, 0) is 20.8 Å². The third-order valence-electron chi connectivity index (χ3n) is 10.5. The van der Waals surface area contributed by atoms with Gasteiger partial charge in [-0.1, -0.05) is 67.8 Å². The first-order valence-electron chi connectivity index (χ1n) is 17.2. The number of carbonyl (C=O) groups is 3. The molecule has 2 aliphatic carbocycles. The van der Waals surface area contributed by atoms with E-state index in [2.05, 4.69) is 34.2 Å². The van der Waals surface area contributed by atoms with Crippen LogP contribution in [0.1, 0.15) is 86.8 Å². The highest BCUT2D eigenvalue weighted by molar-refractivity contribution is 5.86. The molecule has 1 aromatic heterocycles. The highest BCUT2D eigenvalue weighted by Crippen LogP contribution is 2.57. The van der Waals surface area contributed by atoms with Crippen LogP contribution in [0.25, 0.3) is 16.1 Å². The fourth-order valence-corrected chi connectivity index (χ4v) is 8.11. The predicted molar refractivity (Wildman–Crippen MR) is 190 cm³/mol. The number of nitrogens with two attached hydrogens (primary N) is 3. The van der Waals surface area contributed by atoms with Crippen LogP contribution in [0.2, 0.25) is 0 Å². The van der Waals surface area contributed by atoms with Gasteiger partial charge in [-0.2, -0.15) is 0 Å². The van der Waals surface area contributed by atoms with Crippen LogP contribution in [0.5, 0.6) is 0 Å². The lowest BCUT2D eigenvalue weighted by Crippen LogP contribution is -2.40. The molecule has 7 unspecified atom stereocenters. The highest BCUT2D eigenvalue weighted by Gasteiger charge is 2.44. The van der Waals surface area contributed by atoms with Crippen LogP contribution < -0.4 is 17.2 Å². The minimum atomic E-state index is -1.06. The molecule has 0 spiro atoms. The second-order valence-corrected chi connectivity index (χ2v) is 13.8. The van der Waals surface area contributed by atoms with Gasteiger partial charge in [0.25, 0.3) is 0 Å². The number of hydrogen-bond donors (Lipinski definition) is 5. The number of hydrogen-bond acceptors (Lipinski definition) is 5. The number of carboxylic acid groups (broad SMARTS) is 1. The van der Waals surface area contributed by atoms with Crippen LogP contribution >= 0.6 is 0 Å². The van der Waals surface area contributed by atoms with Crippen molar-refractivity contribution in [3.63, 3.8) is 0 Å². The van der Waals surface area contributed by atoms with Crippen molar-refractivity contribution >= 4 is 41.1 Å². The molecule has 0 saturated heterocycles. The van der Waals surface area contributed by atoms with Gasteiger partial charge in [-0.15, -0.1) is 0 Å². The van der Waals surface area contributed by atoms with E-state index in [4.69, 9.17) is 22.5 Å². The largest absolute Gasteiger partial charge is 0.478 e. The van der Waals surface area contributed by atoms with Gasteiger partial charge in [0.05, 0.1) is 6.54 Å². The quantitative estimate of drug-likeness (QED) is 0.0512. The summed E-state index contributed by atoms with van der Waals surface area (Å²) in [7, 11) is 0. The summed E-state index contributed by atoms with van der Waals surface area (Å²) in [6, 6.07) is 14.3. The van der Waals surface area contributed by atoms with E-state index < -0.39 is 12.0 Å². The Morgan fingerprint density at radius 1 is 1.08 bits per heavy atom. The summed E-state index contributed by atoms with van der Waals surface area (Å²) in [4.78, 5) is 42.0. The molecule has 2 bridgehead atoms. The molecule has 1 heterocycles. The Kier molecular flexibility index (Phi) is 11.7. The minimum Gasteiger partial charge on any atom is -0.478 e. The Morgan fingerprint density at radius 3 is 2.60 bits per heavy atom. The number of aromatic amines is 1. The molecule has 2 aromatic carbocycles. The van der Waals surface area contributed by atoms with E-state index in [0.29, 0.717) is 23.7 Å². The predicted octanol–water partition coefficient (Wildman–Crippen LogP) is 5.98. The maximum Gasteiger partial charge on any atom is 0.328 e. The number of benzene rings is 2. The average Bonchev–Trinajstić information content (AvgIpc) is 3.59. The molecule has 0 aliphatic heterocycles.